The Bertz CT molecular complexity index is 1320. The van der Waals surface area contributed by atoms with Crippen molar-refractivity contribution in [1.82, 2.24) is 20.1 Å². The molecule has 2 aromatic carbocycles. The van der Waals surface area contributed by atoms with Crippen molar-refractivity contribution in [2.75, 3.05) is 6.61 Å². The maximum Gasteiger partial charge on any atom is 0.425 e. The minimum atomic E-state index is -4.98. The number of benzene rings is 2. The second-order valence-electron chi connectivity index (χ2n) is 7.14. The Morgan fingerprint density at radius 2 is 1.71 bits per heavy atom. The third-order valence-corrected chi connectivity index (χ3v) is 4.72. The van der Waals surface area contributed by atoms with Crippen LogP contribution in [0.15, 0.2) is 40.9 Å². The molecule has 2 heterocycles. The van der Waals surface area contributed by atoms with E-state index in [2.05, 4.69) is 24.8 Å². The zero-order valence-electron chi connectivity index (χ0n) is 18.0. The van der Waals surface area contributed by atoms with E-state index in [1.807, 2.05) is 0 Å². The summed E-state index contributed by atoms with van der Waals surface area (Å²) < 4.78 is 93.8. The van der Waals surface area contributed by atoms with Crippen LogP contribution in [-0.4, -0.2) is 39.0 Å². The molecule has 35 heavy (non-hydrogen) atoms. The van der Waals surface area contributed by atoms with Gasteiger partial charge in [0.1, 0.15) is 5.75 Å². The van der Waals surface area contributed by atoms with E-state index in [0.29, 0.717) is 42.2 Å². The fourth-order valence-corrected chi connectivity index (χ4v) is 3.03. The van der Waals surface area contributed by atoms with Gasteiger partial charge in [-0.3, -0.25) is 0 Å². The number of aromatic nitrogens is 4. The van der Waals surface area contributed by atoms with Crippen molar-refractivity contribution in [1.29, 1.82) is 0 Å². The molecule has 0 radical (unpaired) electrons. The van der Waals surface area contributed by atoms with E-state index in [1.165, 1.54) is 0 Å². The van der Waals surface area contributed by atoms with Crippen LogP contribution in [0.2, 0.25) is 0 Å². The highest BCUT2D eigenvalue weighted by Gasteiger charge is 2.41. The number of fused-ring (bicyclic) bond motifs is 1. The van der Waals surface area contributed by atoms with Crippen molar-refractivity contribution in [3.8, 4) is 34.6 Å². The molecule has 1 atom stereocenters. The summed E-state index contributed by atoms with van der Waals surface area (Å²) in [6.45, 7) is 2.84. The van der Waals surface area contributed by atoms with Crippen LogP contribution >= 0.6 is 12.4 Å². The standard InChI is InChI=1S/C21H16F6N4O3.ClH/c1-3-32-19-28-14-6-4-11(9-15(14)29-19)17-30-18(34-31-17)12-5-7-16(13(8-12)21(25,26)27)33-10(2)20(22,23)24;/h4-10H,3H2,1-2H3,(H,28,29);1H. The summed E-state index contributed by atoms with van der Waals surface area (Å²) in [6.07, 6.45) is -12.2. The van der Waals surface area contributed by atoms with Crippen LogP contribution < -0.4 is 9.47 Å². The van der Waals surface area contributed by atoms with Gasteiger partial charge >= 0.3 is 12.4 Å². The Morgan fingerprint density at radius 3 is 2.37 bits per heavy atom. The maximum atomic E-state index is 13.5. The molecule has 0 amide bonds. The number of nitrogens with one attached hydrogen (secondary N) is 1. The minimum absolute atomic E-state index is 0. The van der Waals surface area contributed by atoms with Gasteiger partial charge in [0.2, 0.25) is 5.82 Å². The minimum Gasteiger partial charge on any atom is -0.481 e. The van der Waals surface area contributed by atoms with Gasteiger partial charge in [-0.15, -0.1) is 12.4 Å². The van der Waals surface area contributed by atoms with Crippen molar-refractivity contribution in [2.24, 2.45) is 0 Å². The number of halogens is 7. The van der Waals surface area contributed by atoms with Gasteiger partial charge < -0.3 is 19.0 Å². The first-order valence-electron chi connectivity index (χ1n) is 9.87. The highest BCUT2D eigenvalue weighted by molar-refractivity contribution is 5.85. The molecule has 2 aromatic heterocycles. The van der Waals surface area contributed by atoms with E-state index in [9.17, 15) is 26.3 Å². The number of alkyl halides is 6. The topological polar surface area (TPSA) is 86.1 Å². The van der Waals surface area contributed by atoms with E-state index in [-0.39, 0.29) is 29.7 Å². The van der Waals surface area contributed by atoms with Crippen LogP contribution in [0.4, 0.5) is 26.3 Å². The van der Waals surface area contributed by atoms with Gasteiger partial charge in [0, 0.05) is 11.1 Å². The fourth-order valence-electron chi connectivity index (χ4n) is 3.03. The molecule has 0 aliphatic heterocycles. The summed E-state index contributed by atoms with van der Waals surface area (Å²) in [6, 6.07) is 7.80. The predicted octanol–water partition coefficient (Wildman–Crippen LogP) is 6.45. The molecule has 0 aliphatic carbocycles. The molecule has 4 rings (SSSR count). The molecule has 0 saturated heterocycles. The third kappa shape index (κ3) is 5.61. The molecule has 0 fully saturated rings. The molecule has 0 bridgehead atoms. The highest BCUT2D eigenvalue weighted by Crippen LogP contribution is 2.40. The molecule has 0 saturated carbocycles. The van der Waals surface area contributed by atoms with Gasteiger partial charge in [-0.25, -0.2) is 0 Å². The lowest BCUT2D eigenvalue weighted by Gasteiger charge is -2.20. The van der Waals surface area contributed by atoms with E-state index in [0.717, 1.165) is 12.1 Å². The molecule has 7 nitrogen and oxygen atoms in total. The Hall–Kier alpha value is -3.48. The van der Waals surface area contributed by atoms with Crippen LogP contribution in [-0.2, 0) is 6.18 Å². The van der Waals surface area contributed by atoms with Gasteiger partial charge in [0.25, 0.3) is 11.9 Å². The Balaban J connectivity index is 0.00000342. The lowest BCUT2D eigenvalue weighted by molar-refractivity contribution is -0.191. The number of aromatic amines is 1. The zero-order valence-corrected chi connectivity index (χ0v) is 18.8. The lowest BCUT2D eigenvalue weighted by atomic mass is 10.1. The maximum absolute atomic E-state index is 13.5. The molecule has 4 aromatic rings. The van der Waals surface area contributed by atoms with E-state index >= 15 is 0 Å². The van der Waals surface area contributed by atoms with Crippen molar-refractivity contribution < 1.29 is 40.3 Å². The first-order chi connectivity index (χ1) is 16.0. The van der Waals surface area contributed by atoms with Crippen LogP contribution in [0.3, 0.4) is 0 Å². The second-order valence-corrected chi connectivity index (χ2v) is 7.14. The predicted molar refractivity (Wildman–Crippen MR) is 114 cm³/mol. The largest absolute Gasteiger partial charge is 0.481 e. The summed E-state index contributed by atoms with van der Waals surface area (Å²) in [7, 11) is 0. The summed E-state index contributed by atoms with van der Waals surface area (Å²) in [4.78, 5) is 11.3. The number of H-pyrrole nitrogens is 1. The van der Waals surface area contributed by atoms with Crippen LogP contribution in [0, 0.1) is 0 Å². The van der Waals surface area contributed by atoms with Crippen LogP contribution in [0.5, 0.6) is 11.8 Å². The van der Waals surface area contributed by atoms with Crippen molar-refractivity contribution >= 4 is 23.4 Å². The van der Waals surface area contributed by atoms with Gasteiger partial charge in [0.05, 0.1) is 23.2 Å². The molecule has 0 spiro atoms. The summed E-state index contributed by atoms with van der Waals surface area (Å²) in [5.41, 5.74) is 0.188. The molecule has 14 heteroatoms. The van der Waals surface area contributed by atoms with Crippen LogP contribution in [0.1, 0.15) is 19.4 Å². The van der Waals surface area contributed by atoms with Gasteiger partial charge in [0.15, 0.2) is 6.10 Å². The van der Waals surface area contributed by atoms with E-state index < -0.39 is 29.8 Å². The van der Waals surface area contributed by atoms with Crippen molar-refractivity contribution in [3.05, 3.63) is 42.0 Å². The summed E-state index contributed by atoms with van der Waals surface area (Å²) in [5.74, 6) is -1.13. The van der Waals surface area contributed by atoms with Gasteiger partial charge in [-0.05, 0) is 50.2 Å². The van der Waals surface area contributed by atoms with Crippen molar-refractivity contribution in [2.45, 2.75) is 32.3 Å². The van der Waals surface area contributed by atoms with E-state index in [4.69, 9.17) is 9.26 Å². The Morgan fingerprint density at radius 1 is 1.00 bits per heavy atom. The lowest BCUT2D eigenvalue weighted by Crippen LogP contribution is -2.31. The fraction of sp³-hybridized carbons (Fsp3) is 0.286. The number of nitrogens with zero attached hydrogens (tertiary/aromatic N) is 3. The second kappa shape index (κ2) is 9.64. The number of imidazole rings is 1. The first-order valence-corrected chi connectivity index (χ1v) is 9.87. The number of ether oxygens (including phenoxy) is 2. The normalized spacial score (nSPS) is 12.9. The van der Waals surface area contributed by atoms with E-state index in [1.54, 1.807) is 25.1 Å². The quantitative estimate of drug-likeness (QED) is 0.293. The van der Waals surface area contributed by atoms with Crippen molar-refractivity contribution in [3.63, 3.8) is 0 Å². The van der Waals surface area contributed by atoms with Gasteiger partial charge in [-0.2, -0.15) is 36.3 Å². The highest BCUT2D eigenvalue weighted by atomic mass is 35.5. The molecule has 188 valence electrons. The van der Waals surface area contributed by atoms with Gasteiger partial charge in [-0.1, -0.05) is 5.16 Å². The third-order valence-electron chi connectivity index (χ3n) is 4.72. The Kier molecular flexibility index (Phi) is 7.20. The number of hydrogen-bond donors (Lipinski definition) is 1. The average molecular weight is 523 g/mol. The average Bonchev–Trinajstić information content (AvgIpc) is 3.39. The smallest absolute Gasteiger partial charge is 0.425 e. The molecule has 1 unspecified atom stereocenters. The molecular formula is C21H17ClF6N4O3. The number of hydrogen-bond acceptors (Lipinski definition) is 6. The SMILES string of the molecule is CCOc1nc2ccc(-c3noc(-c4ccc(OC(C)C(F)(F)F)c(C(F)(F)F)c4)n3)cc2[nH]1.Cl. The molecule has 0 aliphatic rings. The Labute approximate surface area is 199 Å². The number of rotatable bonds is 6. The summed E-state index contributed by atoms with van der Waals surface area (Å²) >= 11 is 0. The monoisotopic (exact) mass is 522 g/mol. The molecular weight excluding hydrogens is 506 g/mol. The first kappa shape index (κ1) is 26.1. The molecule has 1 N–H and O–H groups in total. The summed E-state index contributed by atoms with van der Waals surface area (Å²) in [5, 5.41) is 3.79. The zero-order chi connectivity index (χ0) is 24.7. The van der Waals surface area contributed by atoms with Crippen LogP contribution in [0.25, 0.3) is 33.9 Å².